The van der Waals surface area contributed by atoms with E-state index < -0.39 is 0 Å². The van der Waals surface area contributed by atoms with Gasteiger partial charge in [0.2, 0.25) is 5.91 Å². The lowest BCUT2D eigenvalue weighted by Gasteiger charge is -2.35. The summed E-state index contributed by atoms with van der Waals surface area (Å²) < 4.78 is 11.4. The number of carbonyl (C=O) groups is 1. The highest BCUT2D eigenvalue weighted by molar-refractivity contribution is 5.80. The molecule has 8 nitrogen and oxygen atoms in total. The average molecular weight is 392 g/mol. The number of amides is 1. The summed E-state index contributed by atoms with van der Waals surface area (Å²) in [6, 6.07) is 4.54. The molecule has 3 heterocycles. The van der Waals surface area contributed by atoms with Crippen LogP contribution in [0, 0.1) is 6.92 Å². The lowest BCUT2D eigenvalue weighted by atomic mass is 10.1. The monoisotopic (exact) mass is 391 g/mol. The quantitative estimate of drug-likeness (QED) is 0.579. The van der Waals surface area contributed by atoms with Crippen LogP contribution in [-0.4, -0.2) is 80.7 Å². The van der Waals surface area contributed by atoms with E-state index in [2.05, 4.69) is 26.6 Å². The first kappa shape index (κ1) is 20.7. The van der Waals surface area contributed by atoms with E-state index in [4.69, 9.17) is 9.15 Å². The lowest BCUT2D eigenvalue weighted by molar-refractivity contribution is -0.129. The predicted octanol–water partition coefficient (Wildman–Crippen LogP) is 1.14. The molecule has 2 N–H and O–H groups in total. The third kappa shape index (κ3) is 5.48. The molecular formula is C20H33N5O3. The van der Waals surface area contributed by atoms with Crippen LogP contribution in [0.4, 0.5) is 0 Å². The maximum absolute atomic E-state index is 11.5. The summed E-state index contributed by atoms with van der Waals surface area (Å²) in [5.41, 5.74) is 0. The molecule has 1 aromatic rings. The molecule has 2 aliphatic rings. The van der Waals surface area contributed by atoms with Crippen molar-refractivity contribution in [3.63, 3.8) is 0 Å². The van der Waals surface area contributed by atoms with Crippen molar-refractivity contribution in [3.05, 3.63) is 23.7 Å². The molecule has 0 radical (unpaired) electrons. The molecule has 0 saturated carbocycles. The molecule has 0 aliphatic carbocycles. The Hall–Kier alpha value is -2.06. The van der Waals surface area contributed by atoms with Crippen LogP contribution in [0.2, 0.25) is 0 Å². The Bertz CT molecular complexity index is 661. The van der Waals surface area contributed by atoms with Crippen molar-refractivity contribution >= 4 is 11.9 Å². The molecule has 156 valence electrons. The Morgan fingerprint density at radius 2 is 1.96 bits per heavy atom. The Balaban J connectivity index is 1.56. The fourth-order valence-corrected chi connectivity index (χ4v) is 3.85. The number of guanidine groups is 1. The van der Waals surface area contributed by atoms with Gasteiger partial charge in [0, 0.05) is 52.7 Å². The van der Waals surface area contributed by atoms with Crippen LogP contribution in [-0.2, 0) is 9.53 Å². The smallest absolute Gasteiger partial charge is 0.219 e. The van der Waals surface area contributed by atoms with Crippen molar-refractivity contribution < 1.29 is 13.9 Å². The van der Waals surface area contributed by atoms with Gasteiger partial charge in [-0.05, 0) is 31.9 Å². The number of nitrogens with one attached hydrogen (secondary N) is 2. The normalized spacial score (nSPS) is 20.8. The van der Waals surface area contributed by atoms with Crippen molar-refractivity contribution in [2.45, 2.75) is 38.8 Å². The second-order valence-electron chi connectivity index (χ2n) is 7.49. The molecule has 2 fully saturated rings. The molecule has 0 spiro atoms. The minimum atomic E-state index is 0.135. The molecule has 8 heteroatoms. The fraction of sp³-hybridized carbons (Fsp3) is 0.700. The van der Waals surface area contributed by atoms with E-state index in [1.54, 1.807) is 14.0 Å². The van der Waals surface area contributed by atoms with Crippen molar-refractivity contribution in [1.29, 1.82) is 0 Å². The first-order valence-electron chi connectivity index (χ1n) is 10.2. The zero-order valence-electron chi connectivity index (χ0n) is 17.2. The number of likely N-dealkylation sites (tertiary alicyclic amines) is 1. The van der Waals surface area contributed by atoms with E-state index in [9.17, 15) is 4.79 Å². The SMILES string of the molecule is CN=C(NCC(c1ccc(C)o1)N1CCOCC1)NC1CCN(C(C)=O)CC1. The van der Waals surface area contributed by atoms with Crippen molar-refractivity contribution in [2.24, 2.45) is 4.99 Å². The minimum Gasteiger partial charge on any atom is -0.465 e. The molecule has 1 aromatic heterocycles. The summed E-state index contributed by atoms with van der Waals surface area (Å²) in [5, 5.41) is 6.98. The van der Waals surface area contributed by atoms with Gasteiger partial charge >= 0.3 is 0 Å². The highest BCUT2D eigenvalue weighted by atomic mass is 16.5. The zero-order valence-corrected chi connectivity index (χ0v) is 17.2. The third-order valence-corrected chi connectivity index (χ3v) is 5.54. The molecule has 2 aliphatic heterocycles. The standard InChI is InChI=1S/C20H33N5O3/c1-15-4-5-19(28-15)18(25-10-12-27-13-11-25)14-22-20(21-3)23-17-6-8-24(9-7-17)16(2)26/h4-5,17-18H,6-14H2,1-3H3,(H2,21,22,23). The van der Waals surface area contributed by atoms with Crippen LogP contribution >= 0.6 is 0 Å². The van der Waals surface area contributed by atoms with Gasteiger partial charge in [-0.15, -0.1) is 0 Å². The second kappa shape index (κ2) is 9.93. The van der Waals surface area contributed by atoms with E-state index in [0.29, 0.717) is 12.6 Å². The third-order valence-electron chi connectivity index (χ3n) is 5.54. The fourth-order valence-electron chi connectivity index (χ4n) is 3.85. The first-order valence-corrected chi connectivity index (χ1v) is 10.2. The number of piperidine rings is 1. The highest BCUT2D eigenvalue weighted by Gasteiger charge is 2.26. The number of carbonyl (C=O) groups excluding carboxylic acids is 1. The second-order valence-corrected chi connectivity index (χ2v) is 7.49. The maximum Gasteiger partial charge on any atom is 0.219 e. The summed E-state index contributed by atoms with van der Waals surface area (Å²) >= 11 is 0. The van der Waals surface area contributed by atoms with Gasteiger partial charge in [-0.3, -0.25) is 14.7 Å². The van der Waals surface area contributed by atoms with E-state index in [-0.39, 0.29) is 11.9 Å². The number of aryl methyl sites for hydroxylation is 1. The number of hydrogen-bond donors (Lipinski definition) is 2. The van der Waals surface area contributed by atoms with Gasteiger partial charge < -0.3 is 24.7 Å². The Morgan fingerprint density at radius 3 is 2.54 bits per heavy atom. The Kier molecular flexibility index (Phi) is 7.33. The van der Waals surface area contributed by atoms with Gasteiger partial charge in [0.05, 0.1) is 19.3 Å². The van der Waals surface area contributed by atoms with Crippen molar-refractivity contribution in [2.75, 3.05) is 53.0 Å². The maximum atomic E-state index is 11.5. The molecular weight excluding hydrogens is 358 g/mol. The molecule has 0 bridgehead atoms. The van der Waals surface area contributed by atoms with Crippen LogP contribution < -0.4 is 10.6 Å². The summed E-state index contributed by atoms with van der Waals surface area (Å²) in [6.07, 6.45) is 1.87. The van der Waals surface area contributed by atoms with Crippen LogP contribution in [0.15, 0.2) is 21.5 Å². The van der Waals surface area contributed by atoms with Gasteiger partial charge in [-0.25, -0.2) is 0 Å². The van der Waals surface area contributed by atoms with E-state index in [1.807, 2.05) is 17.9 Å². The molecule has 1 unspecified atom stereocenters. The molecule has 1 amide bonds. The molecule has 3 rings (SSSR count). The van der Waals surface area contributed by atoms with Gasteiger partial charge in [-0.1, -0.05) is 0 Å². The summed E-state index contributed by atoms with van der Waals surface area (Å²) in [4.78, 5) is 20.2. The van der Waals surface area contributed by atoms with Gasteiger partial charge in [0.15, 0.2) is 5.96 Å². The van der Waals surface area contributed by atoms with Crippen LogP contribution in [0.5, 0.6) is 0 Å². The zero-order chi connectivity index (χ0) is 19.9. The van der Waals surface area contributed by atoms with E-state index in [0.717, 1.165) is 69.7 Å². The van der Waals surface area contributed by atoms with E-state index >= 15 is 0 Å². The number of hydrogen-bond acceptors (Lipinski definition) is 5. The molecule has 2 saturated heterocycles. The van der Waals surface area contributed by atoms with Gasteiger partial charge in [0.1, 0.15) is 11.5 Å². The van der Waals surface area contributed by atoms with Crippen LogP contribution in [0.1, 0.15) is 37.3 Å². The number of rotatable bonds is 5. The first-order chi connectivity index (χ1) is 13.6. The Labute approximate surface area is 167 Å². The lowest BCUT2D eigenvalue weighted by Crippen LogP contribution is -2.51. The minimum absolute atomic E-state index is 0.135. The number of furan rings is 1. The molecule has 28 heavy (non-hydrogen) atoms. The highest BCUT2D eigenvalue weighted by Crippen LogP contribution is 2.23. The molecule has 0 aromatic carbocycles. The van der Waals surface area contributed by atoms with E-state index in [1.165, 1.54) is 0 Å². The predicted molar refractivity (Wildman–Crippen MR) is 108 cm³/mol. The largest absolute Gasteiger partial charge is 0.465 e. The topological polar surface area (TPSA) is 82.3 Å². The van der Waals surface area contributed by atoms with Gasteiger partial charge in [-0.2, -0.15) is 0 Å². The van der Waals surface area contributed by atoms with Gasteiger partial charge in [0.25, 0.3) is 0 Å². The van der Waals surface area contributed by atoms with Crippen molar-refractivity contribution in [3.8, 4) is 0 Å². The summed E-state index contributed by atoms with van der Waals surface area (Å²) in [6.45, 7) is 9.19. The number of aliphatic imine (C=N–C) groups is 1. The number of nitrogens with zero attached hydrogens (tertiary/aromatic N) is 3. The van der Waals surface area contributed by atoms with Crippen LogP contribution in [0.3, 0.4) is 0 Å². The van der Waals surface area contributed by atoms with Crippen molar-refractivity contribution in [1.82, 2.24) is 20.4 Å². The molecule has 1 atom stereocenters. The summed E-state index contributed by atoms with van der Waals surface area (Å²) in [7, 11) is 1.79. The summed E-state index contributed by atoms with van der Waals surface area (Å²) in [5.74, 6) is 2.84. The number of ether oxygens (including phenoxy) is 1. The average Bonchev–Trinajstić information content (AvgIpc) is 3.14. The Morgan fingerprint density at radius 1 is 1.25 bits per heavy atom. The number of morpholine rings is 1. The van der Waals surface area contributed by atoms with Crippen LogP contribution in [0.25, 0.3) is 0 Å².